The van der Waals surface area contributed by atoms with Gasteiger partial charge in [-0.2, -0.15) is 25.6 Å². The van der Waals surface area contributed by atoms with Crippen molar-refractivity contribution in [3.63, 3.8) is 0 Å². The van der Waals surface area contributed by atoms with Crippen molar-refractivity contribution in [1.29, 1.82) is 0 Å². The fourth-order valence-corrected chi connectivity index (χ4v) is 4.50. The Morgan fingerprint density at radius 2 is 0.893 bits per heavy atom. The molecule has 0 radical (unpaired) electrons. The smallest absolute Gasteiger partial charge is 0.199 e. The number of benzene rings is 2. The average Bonchev–Trinajstić information content (AvgIpc) is 2.67. The molecule has 2 aromatic carbocycles. The second-order valence-corrected chi connectivity index (χ2v) is 9.39. The van der Waals surface area contributed by atoms with E-state index in [0.29, 0.717) is 0 Å². The first-order valence-corrected chi connectivity index (χ1v) is 11.2. The molecule has 0 spiro atoms. The third kappa shape index (κ3) is 4.35. The lowest BCUT2D eigenvalue weighted by molar-refractivity contribution is 0.596. The normalized spacial score (nSPS) is 18.1. The zero-order valence-corrected chi connectivity index (χ0v) is 16.9. The Labute approximate surface area is 164 Å². The summed E-state index contributed by atoms with van der Waals surface area (Å²) in [5, 5.41) is 0. The Kier molecular flexibility index (Phi) is 5.44. The van der Waals surface area contributed by atoms with Crippen LogP contribution in [0.15, 0.2) is 103 Å². The van der Waals surface area contributed by atoms with E-state index in [0.717, 1.165) is 11.1 Å². The third-order valence-corrected chi connectivity index (χ3v) is 6.72. The van der Waals surface area contributed by atoms with Gasteiger partial charge in [0.1, 0.15) is 11.4 Å². The lowest BCUT2D eigenvalue weighted by atomic mass is 9.98. The topological polar surface area (TPSA) is 93.0 Å². The first-order valence-electron chi connectivity index (χ1n) is 8.36. The van der Waals surface area contributed by atoms with Crippen LogP contribution in [0, 0.1) is 0 Å². The molecular formula is C20H18N2O4S2. The highest BCUT2D eigenvalue weighted by Gasteiger charge is 2.21. The standard InChI is InChI=1S/C20H18N2O4S2/c1-15-13-19(21-27(23,24)17-9-5-3-6-10-17)20(14-16(15)2)22-28(25,26)18-11-7-4-8-12-18/h3-14H,1-2H3/b21-19-,22-20+. The van der Waals surface area contributed by atoms with E-state index in [-0.39, 0.29) is 21.2 Å². The van der Waals surface area contributed by atoms with Gasteiger partial charge in [0, 0.05) is 0 Å². The van der Waals surface area contributed by atoms with Gasteiger partial charge in [0.25, 0.3) is 20.0 Å². The van der Waals surface area contributed by atoms with Gasteiger partial charge in [-0.1, -0.05) is 36.4 Å². The molecule has 0 fully saturated rings. The van der Waals surface area contributed by atoms with Crippen LogP contribution in [-0.2, 0) is 20.0 Å². The van der Waals surface area contributed by atoms with Crippen LogP contribution < -0.4 is 0 Å². The Morgan fingerprint density at radius 3 is 1.21 bits per heavy atom. The molecular weight excluding hydrogens is 396 g/mol. The van der Waals surface area contributed by atoms with Gasteiger partial charge in [0.05, 0.1) is 9.79 Å². The fourth-order valence-electron chi connectivity index (χ4n) is 2.48. The van der Waals surface area contributed by atoms with Crippen molar-refractivity contribution < 1.29 is 16.8 Å². The SMILES string of the molecule is CC1=CC(=N/S(=O)(=O)c2ccccc2)/C(=N/S(=O)(=O)c2ccccc2)C=C1C. The van der Waals surface area contributed by atoms with Gasteiger partial charge in [-0.05, 0) is 61.4 Å². The maximum atomic E-state index is 12.6. The molecule has 0 saturated heterocycles. The quantitative estimate of drug-likeness (QED) is 0.715. The largest absolute Gasteiger partial charge is 0.282 e. The number of sulfonamides is 2. The maximum absolute atomic E-state index is 12.6. The van der Waals surface area contributed by atoms with Crippen LogP contribution in [0.25, 0.3) is 0 Å². The molecule has 0 aliphatic heterocycles. The highest BCUT2D eigenvalue weighted by atomic mass is 32.2. The van der Waals surface area contributed by atoms with Gasteiger partial charge in [-0.15, -0.1) is 0 Å². The van der Waals surface area contributed by atoms with Crippen LogP contribution in [-0.4, -0.2) is 28.3 Å². The van der Waals surface area contributed by atoms with E-state index in [1.165, 1.54) is 36.4 Å². The van der Waals surface area contributed by atoms with Crippen molar-refractivity contribution in [1.82, 2.24) is 0 Å². The van der Waals surface area contributed by atoms with E-state index in [1.54, 1.807) is 50.2 Å². The molecule has 0 unspecified atom stereocenters. The van der Waals surface area contributed by atoms with E-state index in [2.05, 4.69) is 8.80 Å². The van der Waals surface area contributed by atoms with Crippen molar-refractivity contribution in [2.75, 3.05) is 0 Å². The summed E-state index contributed by atoms with van der Waals surface area (Å²) in [7, 11) is -8.03. The molecule has 3 rings (SSSR count). The summed E-state index contributed by atoms with van der Waals surface area (Å²) in [6.45, 7) is 3.58. The predicted octanol–water partition coefficient (Wildman–Crippen LogP) is 3.55. The van der Waals surface area contributed by atoms with Gasteiger partial charge in [-0.3, -0.25) is 0 Å². The lowest BCUT2D eigenvalue weighted by Gasteiger charge is -2.13. The number of allylic oxidation sites excluding steroid dienone is 4. The molecule has 28 heavy (non-hydrogen) atoms. The third-order valence-electron chi connectivity index (χ3n) is 4.11. The second kappa shape index (κ2) is 7.65. The lowest BCUT2D eigenvalue weighted by Crippen LogP contribution is -2.19. The molecule has 0 bridgehead atoms. The molecule has 2 aromatic rings. The highest BCUT2D eigenvalue weighted by Crippen LogP contribution is 2.20. The monoisotopic (exact) mass is 414 g/mol. The summed E-state index contributed by atoms with van der Waals surface area (Å²) in [4.78, 5) is 0.0372. The average molecular weight is 415 g/mol. The summed E-state index contributed by atoms with van der Waals surface area (Å²) < 4.78 is 58.2. The first-order chi connectivity index (χ1) is 13.2. The van der Waals surface area contributed by atoms with Gasteiger partial charge >= 0.3 is 0 Å². The Balaban J connectivity index is 2.14. The molecule has 0 atom stereocenters. The van der Waals surface area contributed by atoms with Crippen LogP contribution in [0.5, 0.6) is 0 Å². The Bertz CT molecular complexity index is 1120. The summed E-state index contributed by atoms with van der Waals surface area (Å²) in [6.07, 6.45) is 3.05. The van der Waals surface area contributed by atoms with Crippen molar-refractivity contribution in [2.24, 2.45) is 8.80 Å². The van der Waals surface area contributed by atoms with Crippen molar-refractivity contribution >= 4 is 31.5 Å². The summed E-state index contributed by atoms with van der Waals surface area (Å²) in [5.74, 6) is 0. The van der Waals surface area contributed by atoms with Gasteiger partial charge < -0.3 is 0 Å². The van der Waals surface area contributed by atoms with Gasteiger partial charge in [0.15, 0.2) is 0 Å². The van der Waals surface area contributed by atoms with Crippen LogP contribution >= 0.6 is 0 Å². The number of hydrogen-bond acceptors (Lipinski definition) is 4. The molecule has 144 valence electrons. The molecule has 1 aliphatic carbocycles. The van der Waals surface area contributed by atoms with E-state index >= 15 is 0 Å². The summed E-state index contributed by atoms with van der Waals surface area (Å²) >= 11 is 0. The molecule has 0 heterocycles. The predicted molar refractivity (Wildman–Crippen MR) is 110 cm³/mol. The zero-order chi connectivity index (χ0) is 20.4. The number of rotatable bonds is 4. The molecule has 0 amide bonds. The molecule has 1 aliphatic rings. The van der Waals surface area contributed by atoms with Crippen LogP contribution in [0.1, 0.15) is 13.8 Å². The highest BCUT2D eigenvalue weighted by molar-refractivity contribution is 7.91. The van der Waals surface area contributed by atoms with E-state index in [1.807, 2.05) is 0 Å². The minimum absolute atomic E-state index is 0.0186. The van der Waals surface area contributed by atoms with Gasteiger partial charge in [-0.25, -0.2) is 0 Å². The van der Waals surface area contributed by atoms with Crippen molar-refractivity contribution in [3.8, 4) is 0 Å². The first kappa shape index (κ1) is 19.9. The van der Waals surface area contributed by atoms with E-state index in [9.17, 15) is 16.8 Å². The number of hydrogen-bond donors (Lipinski definition) is 0. The van der Waals surface area contributed by atoms with Crippen molar-refractivity contribution in [2.45, 2.75) is 23.6 Å². The zero-order valence-electron chi connectivity index (χ0n) is 15.3. The Morgan fingerprint density at radius 1 is 0.571 bits per heavy atom. The van der Waals surface area contributed by atoms with Gasteiger partial charge in [0.2, 0.25) is 0 Å². The molecule has 0 saturated carbocycles. The summed E-state index contributed by atoms with van der Waals surface area (Å²) in [5.41, 5.74) is 1.51. The molecule has 0 N–H and O–H groups in total. The minimum Gasteiger partial charge on any atom is -0.199 e. The fraction of sp³-hybridized carbons (Fsp3) is 0.100. The Hall–Kier alpha value is -2.84. The molecule has 8 heteroatoms. The van der Waals surface area contributed by atoms with Crippen LogP contribution in [0.2, 0.25) is 0 Å². The van der Waals surface area contributed by atoms with Crippen LogP contribution in [0.3, 0.4) is 0 Å². The van der Waals surface area contributed by atoms with E-state index in [4.69, 9.17) is 0 Å². The van der Waals surface area contributed by atoms with Crippen molar-refractivity contribution in [3.05, 3.63) is 84.0 Å². The van der Waals surface area contributed by atoms with E-state index < -0.39 is 20.0 Å². The summed E-state index contributed by atoms with van der Waals surface area (Å²) in [6, 6.07) is 15.5. The minimum atomic E-state index is -4.02. The maximum Gasteiger partial charge on any atom is 0.282 e. The molecule has 0 aromatic heterocycles. The second-order valence-electron chi connectivity index (χ2n) is 6.18. The molecule has 6 nitrogen and oxygen atoms in total. The number of nitrogens with zero attached hydrogens (tertiary/aromatic N) is 2. The van der Waals surface area contributed by atoms with Crippen LogP contribution in [0.4, 0.5) is 0 Å².